The van der Waals surface area contributed by atoms with E-state index in [0.717, 1.165) is 48.2 Å². The fourth-order valence-electron chi connectivity index (χ4n) is 5.24. The number of pyridine rings is 1. The fourth-order valence-corrected chi connectivity index (χ4v) is 5.24. The second-order valence-electron chi connectivity index (χ2n) is 9.52. The predicted octanol–water partition coefficient (Wildman–Crippen LogP) is 8.42. The van der Waals surface area contributed by atoms with Crippen molar-refractivity contribution in [2.75, 3.05) is 6.54 Å². The number of rotatable bonds is 5. The van der Waals surface area contributed by atoms with Crippen molar-refractivity contribution < 1.29 is 23.1 Å². The Kier molecular flexibility index (Phi) is 10.8. The second kappa shape index (κ2) is 14.0. The van der Waals surface area contributed by atoms with Crippen LogP contribution in [-0.4, -0.2) is 27.5 Å². The van der Waals surface area contributed by atoms with E-state index in [0.29, 0.717) is 24.2 Å². The molecule has 1 saturated carbocycles. The highest BCUT2D eigenvalue weighted by Gasteiger charge is 2.26. The van der Waals surface area contributed by atoms with Crippen LogP contribution in [0.5, 0.6) is 5.75 Å². The summed E-state index contributed by atoms with van der Waals surface area (Å²) in [6.07, 6.45) is 5.39. The van der Waals surface area contributed by atoms with Crippen molar-refractivity contribution in [2.45, 2.75) is 66.2 Å². The van der Waals surface area contributed by atoms with Gasteiger partial charge in [-0.3, -0.25) is 9.78 Å². The molecule has 1 amide bonds. The van der Waals surface area contributed by atoms with Crippen LogP contribution in [0.4, 0.5) is 13.2 Å². The molecule has 40 heavy (non-hydrogen) atoms. The lowest BCUT2D eigenvalue weighted by atomic mass is 9.78. The maximum Gasteiger partial charge on any atom is 0.253 e. The standard InChI is InChI=1S/C28H26F3N3O2.2C2H6/c1-15-10-23(27(34-15)22-12-19(35)13-24(30)26(22)31)28(36)33-14-16-2-4-17(5-3-16)20-8-9-32-25-7-6-18(29)11-21(20)25;2*1-2/h6-13,16-17,34-35H,2-5,14H2,1H3,(H,33,36);2*1-2H3. The van der Waals surface area contributed by atoms with Crippen molar-refractivity contribution in [3.05, 3.63) is 82.9 Å². The molecule has 0 aliphatic heterocycles. The lowest BCUT2D eigenvalue weighted by Gasteiger charge is -2.29. The Balaban J connectivity index is 0.00000106. The number of hydrogen-bond donors (Lipinski definition) is 3. The molecule has 1 aliphatic rings. The van der Waals surface area contributed by atoms with Crippen molar-refractivity contribution in [1.29, 1.82) is 0 Å². The van der Waals surface area contributed by atoms with Crippen molar-refractivity contribution >= 4 is 16.8 Å². The molecule has 0 bridgehead atoms. The monoisotopic (exact) mass is 553 g/mol. The summed E-state index contributed by atoms with van der Waals surface area (Å²) in [6.45, 7) is 10.2. The number of benzene rings is 2. The van der Waals surface area contributed by atoms with Crippen molar-refractivity contribution in [3.63, 3.8) is 0 Å². The van der Waals surface area contributed by atoms with Gasteiger partial charge in [-0.2, -0.15) is 0 Å². The molecule has 0 unspecified atom stereocenters. The SMILES string of the molecule is CC.CC.Cc1cc(C(=O)NCC2CCC(c3ccnc4ccc(F)cc34)CC2)c(-c2cc(O)cc(F)c2F)[nH]1. The van der Waals surface area contributed by atoms with E-state index in [4.69, 9.17) is 0 Å². The zero-order chi connectivity index (χ0) is 29.4. The van der Waals surface area contributed by atoms with Gasteiger partial charge in [-0.25, -0.2) is 13.2 Å². The van der Waals surface area contributed by atoms with Crippen LogP contribution in [0.25, 0.3) is 22.2 Å². The molecular weight excluding hydrogens is 515 g/mol. The van der Waals surface area contributed by atoms with Crippen LogP contribution in [0.1, 0.15) is 80.9 Å². The molecule has 4 aromatic rings. The van der Waals surface area contributed by atoms with Crippen molar-refractivity contribution in [2.24, 2.45) is 5.92 Å². The smallest absolute Gasteiger partial charge is 0.253 e. The van der Waals surface area contributed by atoms with Crippen LogP contribution in [0.2, 0.25) is 0 Å². The van der Waals surface area contributed by atoms with Crippen LogP contribution in [0.15, 0.2) is 48.7 Å². The molecule has 1 aliphatic carbocycles. The van der Waals surface area contributed by atoms with Gasteiger partial charge >= 0.3 is 0 Å². The third-order valence-corrected chi connectivity index (χ3v) is 7.05. The first-order valence-corrected chi connectivity index (χ1v) is 14.0. The van der Waals surface area contributed by atoms with Gasteiger partial charge in [0.1, 0.15) is 11.6 Å². The van der Waals surface area contributed by atoms with E-state index >= 15 is 0 Å². The lowest BCUT2D eigenvalue weighted by molar-refractivity contribution is 0.0943. The Morgan fingerprint density at radius 3 is 2.40 bits per heavy atom. The number of aryl methyl sites for hydroxylation is 1. The number of fused-ring (bicyclic) bond motifs is 1. The van der Waals surface area contributed by atoms with Gasteiger partial charge < -0.3 is 15.4 Å². The van der Waals surface area contributed by atoms with Crippen LogP contribution in [0, 0.1) is 30.3 Å². The Bertz CT molecular complexity index is 1440. The zero-order valence-electron chi connectivity index (χ0n) is 23.7. The maximum atomic E-state index is 14.4. The first kappa shape index (κ1) is 30.7. The third-order valence-electron chi connectivity index (χ3n) is 7.05. The van der Waals surface area contributed by atoms with Gasteiger partial charge in [0.2, 0.25) is 0 Å². The fraction of sp³-hybridized carbons (Fsp3) is 0.375. The summed E-state index contributed by atoms with van der Waals surface area (Å²) in [5.74, 6) is -2.85. The molecule has 214 valence electrons. The summed E-state index contributed by atoms with van der Waals surface area (Å²) in [5, 5.41) is 13.5. The number of phenolic OH excluding ortho intramolecular Hbond substituents is 1. The summed E-state index contributed by atoms with van der Waals surface area (Å²) < 4.78 is 42.1. The number of carbonyl (C=O) groups is 1. The molecule has 0 radical (unpaired) electrons. The average Bonchev–Trinajstić information content (AvgIpc) is 3.37. The van der Waals surface area contributed by atoms with Crippen LogP contribution in [-0.2, 0) is 0 Å². The van der Waals surface area contributed by atoms with E-state index in [1.54, 1.807) is 31.3 Å². The zero-order valence-corrected chi connectivity index (χ0v) is 23.7. The van der Waals surface area contributed by atoms with Crippen LogP contribution in [0.3, 0.4) is 0 Å². The topological polar surface area (TPSA) is 78.0 Å². The first-order valence-electron chi connectivity index (χ1n) is 14.0. The summed E-state index contributed by atoms with van der Waals surface area (Å²) in [7, 11) is 0. The minimum atomic E-state index is -1.19. The van der Waals surface area contributed by atoms with Gasteiger partial charge in [0.05, 0.1) is 16.8 Å². The summed E-state index contributed by atoms with van der Waals surface area (Å²) in [4.78, 5) is 20.2. The Morgan fingerprint density at radius 1 is 1.00 bits per heavy atom. The van der Waals surface area contributed by atoms with Gasteiger partial charge in [-0.1, -0.05) is 27.7 Å². The number of aromatic hydroxyl groups is 1. The summed E-state index contributed by atoms with van der Waals surface area (Å²) >= 11 is 0. The molecule has 5 nitrogen and oxygen atoms in total. The van der Waals surface area contributed by atoms with Gasteiger partial charge in [-0.05, 0) is 86.4 Å². The third kappa shape index (κ3) is 6.84. The van der Waals surface area contributed by atoms with Crippen molar-refractivity contribution in [1.82, 2.24) is 15.3 Å². The maximum absolute atomic E-state index is 14.4. The van der Waals surface area contributed by atoms with Gasteiger partial charge in [0.15, 0.2) is 11.6 Å². The molecule has 5 rings (SSSR count). The number of nitrogens with one attached hydrogen (secondary N) is 2. The number of halogens is 3. The molecule has 1 fully saturated rings. The van der Waals surface area contributed by atoms with Gasteiger partial charge in [-0.15, -0.1) is 0 Å². The molecule has 0 spiro atoms. The number of aromatic nitrogens is 2. The van der Waals surface area contributed by atoms with E-state index in [9.17, 15) is 23.1 Å². The molecule has 0 atom stereocenters. The molecule has 2 aromatic carbocycles. The number of amides is 1. The predicted molar refractivity (Wildman–Crippen MR) is 154 cm³/mol. The summed E-state index contributed by atoms with van der Waals surface area (Å²) in [6, 6.07) is 9.99. The second-order valence-corrected chi connectivity index (χ2v) is 9.52. The first-order chi connectivity index (χ1) is 19.3. The number of hydrogen-bond acceptors (Lipinski definition) is 3. The lowest BCUT2D eigenvalue weighted by Crippen LogP contribution is -2.31. The number of H-pyrrole nitrogens is 1. The van der Waals surface area contributed by atoms with Gasteiger partial charge in [0.25, 0.3) is 5.91 Å². The Labute approximate surface area is 233 Å². The quantitative estimate of drug-likeness (QED) is 0.232. The van der Waals surface area contributed by atoms with E-state index in [1.807, 2.05) is 33.8 Å². The van der Waals surface area contributed by atoms with E-state index in [2.05, 4.69) is 15.3 Å². The van der Waals surface area contributed by atoms with E-state index in [-0.39, 0.29) is 28.6 Å². The van der Waals surface area contributed by atoms with Crippen molar-refractivity contribution in [3.8, 4) is 17.0 Å². The van der Waals surface area contributed by atoms with Crippen LogP contribution >= 0.6 is 0 Å². The molecule has 2 aromatic heterocycles. The van der Waals surface area contributed by atoms with Crippen LogP contribution < -0.4 is 5.32 Å². The minimum Gasteiger partial charge on any atom is -0.508 e. The molecule has 0 saturated heterocycles. The Morgan fingerprint density at radius 2 is 1.70 bits per heavy atom. The summed E-state index contributed by atoms with van der Waals surface area (Å²) in [5.41, 5.74) is 2.61. The minimum absolute atomic E-state index is 0.123. The molecule has 8 heteroatoms. The number of phenols is 1. The highest BCUT2D eigenvalue weighted by atomic mass is 19.2. The molecular formula is C32H38F3N3O2. The Hall–Kier alpha value is -3.81. The van der Waals surface area contributed by atoms with E-state index < -0.39 is 23.3 Å². The number of carbonyl (C=O) groups excluding carboxylic acids is 1. The average molecular weight is 554 g/mol. The molecule has 3 N–H and O–H groups in total. The van der Waals surface area contributed by atoms with E-state index in [1.165, 1.54) is 6.07 Å². The number of nitrogens with zero attached hydrogens (tertiary/aromatic N) is 1. The van der Waals surface area contributed by atoms with Gasteiger partial charge in [0, 0.05) is 35.5 Å². The highest BCUT2D eigenvalue weighted by Crippen LogP contribution is 2.38. The number of aromatic amines is 1. The molecule has 2 heterocycles. The highest BCUT2D eigenvalue weighted by molar-refractivity contribution is 6.00. The normalized spacial score (nSPS) is 16.4. The largest absolute Gasteiger partial charge is 0.508 e.